The van der Waals surface area contributed by atoms with E-state index in [4.69, 9.17) is 25.7 Å². The minimum atomic E-state index is 0. The van der Waals surface area contributed by atoms with Crippen LogP contribution in [0.1, 0.15) is 25.5 Å². The van der Waals surface area contributed by atoms with E-state index in [9.17, 15) is 0 Å². The largest absolute Gasteiger partial charge is 0.469 e. The van der Waals surface area contributed by atoms with Gasteiger partial charge in [-0.25, -0.2) is 4.98 Å². The van der Waals surface area contributed by atoms with E-state index in [2.05, 4.69) is 20.5 Å². The van der Waals surface area contributed by atoms with Gasteiger partial charge in [-0.3, -0.25) is 4.99 Å². The zero-order valence-electron chi connectivity index (χ0n) is 17.3. The number of aromatic nitrogens is 1. The molecule has 0 amide bonds. The third kappa shape index (κ3) is 7.96. The van der Waals surface area contributed by atoms with E-state index < -0.39 is 0 Å². The first-order valence-corrected chi connectivity index (χ1v) is 10.6. The second-order valence-electron chi connectivity index (χ2n) is 6.92. The van der Waals surface area contributed by atoms with Crippen molar-refractivity contribution < 1.29 is 9.15 Å². The lowest BCUT2D eigenvalue weighted by molar-refractivity contribution is 0.146. The quantitative estimate of drug-likeness (QED) is 0.204. The summed E-state index contributed by atoms with van der Waals surface area (Å²) in [6, 6.07) is 7.92. The summed E-state index contributed by atoms with van der Waals surface area (Å²) in [6.45, 7) is 6.71. The summed E-state index contributed by atoms with van der Waals surface area (Å²) < 4.78 is 10.8. The number of anilines is 1. The zero-order valence-corrected chi connectivity index (χ0v) is 20.4. The van der Waals surface area contributed by atoms with Crippen molar-refractivity contribution in [2.45, 2.75) is 32.2 Å². The van der Waals surface area contributed by atoms with Crippen LogP contribution in [0.4, 0.5) is 5.82 Å². The minimum absolute atomic E-state index is 0. The van der Waals surface area contributed by atoms with Crippen LogP contribution in [0.15, 0.2) is 46.1 Å². The number of rotatable bonds is 10. The maximum absolute atomic E-state index is 6.30. The fourth-order valence-electron chi connectivity index (χ4n) is 3.29. The number of hydrogen-bond donors (Lipinski definition) is 2. The van der Waals surface area contributed by atoms with Crippen molar-refractivity contribution >= 4 is 47.4 Å². The van der Waals surface area contributed by atoms with Crippen LogP contribution < -0.4 is 15.5 Å². The molecular formula is C21H31ClIN5O2. The van der Waals surface area contributed by atoms with E-state index >= 15 is 0 Å². The zero-order chi connectivity index (χ0) is 20.3. The van der Waals surface area contributed by atoms with Crippen molar-refractivity contribution in [2.24, 2.45) is 4.99 Å². The Bertz CT molecular complexity index is 760. The number of hydrogen-bond acceptors (Lipinski definition) is 5. The maximum atomic E-state index is 6.30. The molecule has 1 aliphatic heterocycles. The number of nitrogens with zero attached hydrogens (tertiary/aromatic N) is 3. The first kappa shape index (κ1) is 24.7. The summed E-state index contributed by atoms with van der Waals surface area (Å²) in [4.78, 5) is 11.4. The highest BCUT2D eigenvalue weighted by Gasteiger charge is 2.25. The maximum Gasteiger partial charge on any atom is 0.191 e. The number of ether oxygens (including phenoxy) is 1. The van der Waals surface area contributed by atoms with Crippen molar-refractivity contribution in [3.63, 3.8) is 0 Å². The van der Waals surface area contributed by atoms with Gasteiger partial charge in [-0.2, -0.15) is 0 Å². The molecule has 0 saturated carbocycles. The Morgan fingerprint density at radius 2 is 2.30 bits per heavy atom. The van der Waals surface area contributed by atoms with Gasteiger partial charge in [0, 0.05) is 58.1 Å². The van der Waals surface area contributed by atoms with Crippen LogP contribution in [-0.2, 0) is 11.2 Å². The molecule has 9 heteroatoms. The molecule has 0 aliphatic carbocycles. The minimum Gasteiger partial charge on any atom is -0.469 e. The SMILES string of the molecule is CCOCCCN=C(NCCc1ccco1)NC1CCN(c2ncccc2Cl)C1.I. The molecule has 1 unspecified atom stereocenters. The van der Waals surface area contributed by atoms with E-state index in [1.165, 1.54) is 0 Å². The first-order valence-electron chi connectivity index (χ1n) is 10.3. The van der Waals surface area contributed by atoms with Gasteiger partial charge in [0.1, 0.15) is 11.6 Å². The van der Waals surface area contributed by atoms with E-state index in [1.807, 2.05) is 31.2 Å². The molecule has 7 nitrogen and oxygen atoms in total. The average molecular weight is 548 g/mol. The van der Waals surface area contributed by atoms with Gasteiger partial charge in [-0.15, -0.1) is 24.0 Å². The van der Waals surface area contributed by atoms with Gasteiger partial charge in [0.15, 0.2) is 5.96 Å². The van der Waals surface area contributed by atoms with Crippen LogP contribution in [0.3, 0.4) is 0 Å². The topological polar surface area (TPSA) is 74.9 Å². The van der Waals surface area contributed by atoms with E-state index in [-0.39, 0.29) is 30.0 Å². The molecule has 0 aromatic carbocycles. The normalized spacial score (nSPS) is 16.4. The Hall–Kier alpha value is -1.52. The molecule has 1 saturated heterocycles. The molecular weight excluding hydrogens is 517 g/mol. The number of pyridine rings is 1. The standard InChI is InChI=1S/C21H30ClN5O2.HI/c1-2-28-14-5-11-24-21(25-12-8-18-6-4-15-29-18)26-17-9-13-27(16-17)20-19(22)7-3-10-23-20;/h3-4,6-7,10,15,17H,2,5,8-9,11-14,16H2,1H3,(H2,24,25,26);1H. The highest BCUT2D eigenvalue weighted by Crippen LogP contribution is 2.25. The second-order valence-corrected chi connectivity index (χ2v) is 7.33. The lowest BCUT2D eigenvalue weighted by Crippen LogP contribution is -2.45. The van der Waals surface area contributed by atoms with Gasteiger partial charge >= 0.3 is 0 Å². The second kappa shape index (κ2) is 13.7. The molecule has 2 aromatic rings. The predicted molar refractivity (Wildman–Crippen MR) is 132 cm³/mol. The molecule has 1 aliphatic rings. The fourth-order valence-corrected chi connectivity index (χ4v) is 3.53. The fraction of sp³-hybridized carbons (Fsp3) is 0.524. The summed E-state index contributed by atoms with van der Waals surface area (Å²) in [5, 5.41) is 7.67. The van der Waals surface area contributed by atoms with Crippen LogP contribution >= 0.6 is 35.6 Å². The van der Waals surface area contributed by atoms with Crippen molar-refractivity contribution in [3.8, 4) is 0 Å². The lowest BCUT2D eigenvalue weighted by atomic mass is 10.3. The molecule has 2 aromatic heterocycles. The highest BCUT2D eigenvalue weighted by atomic mass is 127. The van der Waals surface area contributed by atoms with Gasteiger partial charge in [0.25, 0.3) is 0 Å². The van der Waals surface area contributed by atoms with Crippen LogP contribution in [0.25, 0.3) is 0 Å². The Kier molecular flexibility index (Phi) is 11.3. The Labute approximate surface area is 200 Å². The smallest absolute Gasteiger partial charge is 0.191 e. The van der Waals surface area contributed by atoms with Crippen molar-refractivity contribution in [1.82, 2.24) is 15.6 Å². The lowest BCUT2D eigenvalue weighted by Gasteiger charge is -2.20. The van der Waals surface area contributed by atoms with Crippen molar-refractivity contribution in [2.75, 3.05) is 44.3 Å². The van der Waals surface area contributed by atoms with Gasteiger partial charge in [-0.1, -0.05) is 11.6 Å². The molecule has 2 N–H and O–H groups in total. The van der Waals surface area contributed by atoms with Crippen LogP contribution in [0.2, 0.25) is 5.02 Å². The summed E-state index contributed by atoms with van der Waals surface area (Å²) in [5.41, 5.74) is 0. The van der Waals surface area contributed by atoms with Gasteiger partial charge in [0.05, 0.1) is 11.3 Å². The summed E-state index contributed by atoms with van der Waals surface area (Å²) >= 11 is 6.30. The van der Waals surface area contributed by atoms with E-state index in [0.717, 1.165) is 76.2 Å². The molecule has 0 spiro atoms. The molecule has 1 atom stereocenters. The molecule has 1 fully saturated rings. The van der Waals surface area contributed by atoms with E-state index in [1.54, 1.807) is 12.5 Å². The number of nitrogens with one attached hydrogen (secondary N) is 2. The molecule has 166 valence electrons. The third-order valence-electron chi connectivity index (χ3n) is 4.73. The number of furan rings is 1. The number of guanidine groups is 1. The van der Waals surface area contributed by atoms with Crippen LogP contribution in [-0.4, -0.2) is 56.4 Å². The van der Waals surface area contributed by atoms with Gasteiger partial charge < -0.3 is 24.7 Å². The van der Waals surface area contributed by atoms with Crippen molar-refractivity contribution in [1.29, 1.82) is 0 Å². The highest BCUT2D eigenvalue weighted by molar-refractivity contribution is 14.0. The predicted octanol–water partition coefficient (Wildman–Crippen LogP) is 3.73. The average Bonchev–Trinajstić information content (AvgIpc) is 3.40. The van der Waals surface area contributed by atoms with Gasteiger partial charge in [0.2, 0.25) is 0 Å². The Balaban J connectivity index is 0.00000320. The Morgan fingerprint density at radius 3 is 3.07 bits per heavy atom. The first-order chi connectivity index (χ1) is 14.3. The molecule has 3 rings (SSSR count). The van der Waals surface area contributed by atoms with Gasteiger partial charge in [-0.05, 0) is 44.0 Å². The molecule has 30 heavy (non-hydrogen) atoms. The summed E-state index contributed by atoms with van der Waals surface area (Å²) in [6.07, 6.45) is 6.20. The van der Waals surface area contributed by atoms with Crippen molar-refractivity contribution in [3.05, 3.63) is 47.5 Å². The van der Waals surface area contributed by atoms with E-state index in [0.29, 0.717) is 5.02 Å². The molecule has 3 heterocycles. The third-order valence-corrected chi connectivity index (χ3v) is 5.03. The summed E-state index contributed by atoms with van der Waals surface area (Å²) in [7, 11) is 0. The molecule has 0 bridgehead atoms. The summed E-state index contributed by atoms with van der Waals surface area (Å²) in [5.74, 6) is 2.64. The van der Waals surface area contributed by atoms with Crippen LogP contribution in [0.5, 0.6) is 0 Å². The monoisotopic (exact) mass is 547 g/mol. The number of halogens is 2. The Morgan fingerprint density at radius 1 is 1.40 bits per heavy atom. The van der Waals surface area contributed by atoms with Crippen LogP contribution in [0, 0.1) is 0 Å². The number of aliphatic imine (C=N–C) groups is 1. The molecule has 0 radical (unpaired) electrons.